The van der Waals surface area contributed by atoms with Gasteiger partial charge in [0, 0.05) is 24.0 Å². The first kappa shape index (κ1) is 12.9. The summed E-state index contributed by atoms with van der Waals surface area (Å²) in [6, 6.07) is 8.99. The number of hydrogen-bond donors (Lipinski definition) is 2. The molecule has 6 nitrogen and oxygen atoms in total. The number of nitrogens with one attached hydrogen (secondary N) is 1. The lowest BCUT2D eigenvalue weighted by Crippen LogP contribution is -2.13. The maximum absolute atomic E-state index is 5.66. The topological polar surface area (TPSA) is 82.3 Å². The molecule has 0 radical (unpaired) electrons. The third-order valence-corrected chi connectivity index (χ3v) is 2.35. The van der Waals surface area contributed by atoms with Gasteiger partial charge in [0.05, 0.1) is 13.7 Å². The quantitative estimate of drug-likeness (QED) is 0.606. The molecule has 0 unspecified atom stereocenters. The summed E-state index contributed by atoms with van der Waals surface area (Å²) >= 11 is 0. The predicted molar refractivity (Wildman–Crippen MR) is 73.4 cm³/mol. The molecule has 0 atom stereocenters. The molecule has 1 aromatic carbocycles. The maximum atomic E-state index is 5.66. The summed E-state index contributed by atoms with van der Waals surface area (Å²) < 4.78 is 10.5. The van der Waals surface area contributed by atoms with E-state index in [2.05, 4.69) is 15.3 Å². The van der Waals surface area contributed by atoms with Crippen molar-refractivity contribution in [1.29, 1.82) is 0 Å². The molecular formula is C13H16N4O2. The number of nitrogens with two attached hydrogens (primary N) is 1. The molecule has 0 bridgehead atoms. The van der Waals surface area contributed by atoms with E-state index in [0.717, 1.165) is 5.75 Å². The van der Waals surface area contributed by atoms with Crippen molar-refractivity contribution in [2.45, 2.75) is 0 Å². The average Bonchev–Trinajstić information content (AvgIpc) is 2.44. The van der Waals surface area contributed by atoms with Gasteiger partial charge in [-0.25, -0.2) is 4.98 Å². The monoisotopic (exact) mass is 260 g/mol. The average molecular weight is 260 g/mol. The first-order valence-electron chi connectivity index (χ1n) is 5.87. The number of aromatic nitrogens is 2. The van der Waals surface area contributed by atoms with E-state index in [1.54, 1.807) is 25.4 Å². The van der Waals surface area contributed by atoms with Crippen LogP contribution < -0.4 is 20.5 Å². The van der Waals surface area contributed by atoms with E-state index in [4.69, 9.17) is 15.2 Å². The van der Waals surface area contributed by atoms with Gasteiger partial charge in [-0.1, -0.05) is 6.07 Å². The SMILES string of the molecule is COc1ccnc(NCCOc2cccc(N)c2)n1. The Bertz CT molecular complexity index is 534. The molecule has 0 amide bonds. The number of hydrogen-bond acceptors (Lipinski definition) is 6. The lowest BCUT2D eigenvalue weighted by molar-refractivity contribution is 0.332. The second kappa shape index (κ2) is 6.44. The van der Waals surface area contributed by atoms with Crippen molar-refractivity contribution in [3.63, 3.8) is 0 Å². The largest absolute Gasteiger partial charge is 0.492 e. The fraction of sp³-hybridized carbons (Fsp3) is 0.231. The Morgan fingerprint density at radius 3 is 3.00 bits per heavy atom. The van der Waals surface area contributed by atoms with Crippen LogP contribution in [0, 0.1) is 0 Å². The molecule has 19 heavy (non-hydrogen) atoms. The van der Waals surface area contributed by atoms with Gasteiger partial charge in [-0.2, -0.15) is 4.98 Å². The van der Waals surface area contributed by atoms with Crippen molar-refractivity contribution in [3.05, 3.63) is 36.5 Å². The highest BCUT2D eigenvalue weighted by Gasteiger charge is 1.98. The van der Waals surface area contributed by atoms with E-state index < -0.39 is 0 Å². The fourth-order valence-corrected chi connectivity index (χ4v) is 1.48. The summed E-state index contributed by atoms with van der Waals surface area (Å²) in [4.78, 5) is 8.20. The Labute approximate surface area is 111 Å². The van der Waals surface area contributed by atoms with Gasteiger partial charge in [0.25, 0.3) is 0 Å². The molecule has 1 heterocycles. The first-order valence-corrected chi connectivity index (χ1v) is 5.87. The van der Waals surface area contributed by atoms with E-state index in [-0.39, 0.29) is 0 Å². The summed E-state index contributed by atoms with van der Waals surface area (Å²) in [7, 11) is 1.56. The fourth-order valence-electron chi connectivity index (χ4n) is 1.48. The second-order valence-electron chi connectivity index (χ2n) is 3.77. The molecule has 0 saturated heterocycles. The third kappa shape index (κ3) is 4.02. The number of anilines is 2. The highest BCUT2D eigenvalue weighted by Crippen LogP contribution is 2.14. The summed E-state index contributed by atoms with van der Waals surface area (Å²) in [5.41, 5.74) is 6.34. The lowest BCUT2D eigenvalue weighted by Gasteiger charge is -2.08. The second-order valence-corrected chi connectivity index (χ2v) is 3.77. The van der Waals surface area contributed by atoms with Crippen LogP contribution in [0.5, 0.6) is 11.6 Å². The van der Waals surface area contributed by atoms with E-state index in [9.17, 15) is 0 Å². The molecular weight excluding hydrogens is 244 g/mol. The number of ether oxygens (including phenoxy) is 2. The number of methoxy groups -OCH3 is 1. The Morgan fingerprint density at radius 2 is 2.21 bits per heavy atom. The van der Waals surface area contributed by atoms with Crippen molar-refractivity contribution < 1.29 is 9.47 Å². The zero-order valence-electron chi connectivity index (χ0n) is 10.7. The van der Waals surface area contributed by atoms with Gasteiger partial charge in [-0.15, -0.1) is 0 Å². The molecule has 0 aliphatic carbocycles. The summed E-state index contributed by atoms with van der Waals surface area (Å²) in [6.45, 7) is 1.08. The minimum Gasteiger partial charge on any atom is -0.492 e. The van der Waals surface area contributed by atoms with Crippen LogP contribution in [-0.2, 0) is 0 Å². The Hall–Kier alpha value is -2.50. The Balaban J connectivity index is 1.77. The smallest absolute Gasteiger partial charge is 0.226 e. The summed E-state index contributed by atoms with van der Waals surface area (Å²) in [5, 5.41) is 3.05. The Morgan fingerprint density at radius 1 is 1.32 bits per heavy atom. The van der Waals surface area contributed by atoms with Gasteiger partial charge in [-0.3, -0.25) is 0 Å². The van der Waals surface area contributed by atoms with Crippen LogP contribution in [0.3, 0.4) is 0 Å². The number of benzene rings is 1. The van der Waals surface area contributed by atoms with Gasteiger partial charge in [-0.05, 0) is 12.1 Å². The molecule has 0 saturated carbocycles. The first-order chi connectivity index (χ1) is 9.28. The van der Waals surface area contributed by atoms with Crippen molar-refractivity contribution in [3.8, 4) is 11.6 Å². The van der Waals surface area contributed by atoms with E-state index in [1.807, 2.05) is 18.2 Å². The summed E-state index contributed by atoms with van der Waals surface area (Å²) in [6.07, 6.45) is 1.63. The van der Waals surface area contributed by atoms with E-state index >= 15 is 0 Å². The van der Waals surface area contributed by atoms with Crippen molar-refractivity contribution in [2.24, 2.45) is 0 Å². The number of rotatable bonds is 6. The number of nitrogen functional groups attached to an aromatic ring is 1. The van der Waals surface area contributed by atoms with Crippen LogP contribution in [0.15, 0.2) is 36.5 Å². The van der Waals surface area contributed by atoms with Gasteiger partial charge in [0.15, 0.2) is 0 Å². The zero-order valence-corrected chi connectivity index (χ0v) is 10.7. The van der Waals surface area contributed by atoms with Gasteiger partial charge >= 0.3 is 0 Å². The standard InChI is InChI=1S/C13H16N4O2/c1-18-12-5-6-15-13(17-12)16-7-8-19-11-4-2-3-10(14)9-11/h2-6,9H,7-8,14H2,1H3,(H,15,16,17). The predicted octanol–water partition coefficient (Wildman–Crippen LogP) is 1.56. The third-order valence-electron chi connectivity index (χ3n) is 2.35. The lowest BCUT2D eigenvalue weighted by atomic mass is 10.3. The Kier molecular flexibility index (Phi) is 4.39. The molecule has 0 spiro atoms. The van der Waals surface area contributed by atoms with Gasteiger partial charge < -0.3 is 20.5 Å². The van der Waals surface area contributed by atoms with Crippen LogP contribution in [0.2, 0.25) is 0 Å². The zero-order chi connectivity index (χ0) is 13.5. The maximum Gasteiger partial charge on any atom is 0.226 e. The molecule has 100 valence electrons. The molecule has 2 rings (SSSR count). The normalized spacial score (nSPS) is 9.95. The van der Waals surface area contributed by atoms with Crippen LogP contribution in [0.1, 0.15) is 0 Å². The van der Waals surface area contributed by atoms with Gasteiger partial charge in [0.1, 0.15) is 12.4 Å². The highest BCUT2D eigenvalue weighted by atomic mass is 16.5. The number of nitrogens with zero attached hydrogens (tertiary/aromatic N) is 2. The van der Waals surface area contributed by atoms with Crippen LogP contribution in [-0.4, -0.2) is 30.2 Å². The van der Waals surface area contributed by atoms with E-state index in [0.29, 0.717) is 30.7 Å². The van der Waals surface area contributed by atoms with Crippen LogP contribution in [0.25, 0.3) is 0 Å². The van der Waals surface area contributed by atoms with Crippen LogP contribution >= 0.6 is 0 Å². The molecule has 0 aliphatic heterocycles. The van der Waals surface area contributed by atoms with E-state index in [1.165, 1.54) is 0 Å². The van der Waals surface area contributed by atoms with Crippen molar-refractivity contribution >= 4 is 11.6 Å². The molecule has 0 fully saturated rings. The van der Waals surface area contributed by atoms with Gasteiger partial charge in [0.2, 0.25) is 11.8 Å². The highest BCUT2D eigenvalue weighted by molar-refractivity contribution is 5.43. The molecule has 1 aromatic heterocycles. The summed E-state index contributed by atoms with van der Waals surface area (Å²) in [5.74, 6) is 1.78. The molecule has 6 heteroatoms. The minimum absolute atomic E-state index is 0.490. The molecule has 3 N–H and O–H groups in total. The van der Waals surface area contributed by atoms with Crippen LogP contribution in [0.4, 0.5) is 11.6 Å². The minimum atomic E-state index is 0.490. The van der Waals surface area contributed by atoms with Crippen molar-refractivity contribution in [1.82, 2.24) is 9.97 Å². The van der Waals surface area contributed by atoms with Crippen molar-refractivity contribution in [2.75, 3.05) is 31.3 Å². The molecule has 2 aromatic rings. The molecule has 0 aliphatic rings.